The first-order valence-corrected chi connectivity index (χ1v) is 5.94. The fourth-order valence-corrected chi connectivity index (χ4v) is 1.89. The van der Waals surface area contributed by atoms with E-state index in [2.05, 4.69) is 5.10 Å². The molecule has 19 heavy (non-hydrogen) atoms. The normalized spacial score (nSPS) is 10.7. The summed E-state index contributed by atoms with van der Waals surface area (Å²) in [6.07, 6.45) is 2.10. The first-order valence-electron chi connectivity index (χ1n) is 5.94. The lowest BCUT2D eigenvalue weighted by atomic mass is 10.2. The molecule has 2 aromatic rings. The van der Waals surface area contributed by atoms with Gasteiger partial charge in [-0.05, 0) is 18.6 Å². The van der Waals surface area contributed by atoms with Gasteiger partial charge in [0.2, 0.25) is 0 Å². The molecule has 1 heterocycles. The van der Waals surface area contributed by atoms with Gasteiger partial charge < -0.3 is 14.6 Å². The summed E-state index contributed by atoms with van der Waals surface area (Å²) in [5.74, 6) is 1.07. The molecule has 0 atom stereocenters. The molecule has 1 N–H and O–H groups in total. The Morgan fingerprint density at radius 3 is 2.58 bits per heavy atom. The van der Waals surface area contributed by atoms with Crippen LogP contribution in [-0.4, -0.2) is 35.7 Å². The van der Waals surface area contributed by atoms with E-state index in [1.54, 1.807) is 25.4 Å². The van der Waals surface area contributed by atoms with Crippen molar-refractivity contribution in [1.82, 2.24) is 9.78 Å². The van der Waals surface area contributed by atoms with Crippen molar-refractivity contribution in [1.29, 1.82) is 0 Å². The van der Waals surface area contributed by atoms with Gasteiger partial charge in [0.05, 0.1) is 25.8 Å². The summed E-state index contributed by atoms with van der Waals surface area (Å²) in [6, 6.07) is 3.37. The Hall–Kier alpha value is -2.08. The monoisotopic (exact) mass is 264 g/mol. The summed E-state index contributed by atoms with van der Waals surface area (Å²) in [6.45, 7) is 0.414. The smallest absolute Gasteiger partial charge is 0.274 e. The van der Waals surface area contributed by atoms with E-state index in [-0.39, 0.29) is 12.2 Å². The fourth-order valence-electron chi connectivity index (χ4n) is 1.89. The quantitative estimate of drug-likeness (QED) is 0.864. The molecular weight excluding hydrogens is 248 g/mol. The molecule has 102 valence electrons. The molecule has 1 aromatic carbocycles. The van der Waals surface area contributed by atoms with Gasteiger partial charge in [-0.15, -0.1) is 0 Å². The van der Waals surface area contributed by atoms with Gasteiger partial charge in [0, 0.05) is 18.5 Å². The third-order valence-corrected chi connectivity index (χ3v) is 2.88. The molecule has 0 unspecified atom stereocenters. The van der Waals surface area contributed by atoms with Crippen LogP contribution in [0.3, 0.4) is 0 Å². The number of methoxy groups -OCH3 is 2. The summed E-state index contributed by atoms with van der Waals surface area (Å²) in [7, 11) is 3.06. The van der Waals surface area contributed by atoms with Gasteiger partial charge in [0.1, 0.15) is 0 Å². The van der Waals surface area contributed by atoms with Crippen molar-refractivity contribution < 1.29 is 14.6 Å². The van der Waals surface area contributed by atoms with Gasteiger partial charge in [-0.1, -0.05) is 0 Å². The molecule has 0 aliphatic rings. The second kappa shape index (κ2) is 5.71. The highest BCUT2D eigenvalue weighted by Crippen LogP contribution is 2.30. The second-order valence-corrected chi connectivity index (χ2v) is 4.04. The minimum Gasteiger partial charge on any atom is -0.493 e. The predicted molar refractivity (Wildman–Crippen MR) is 70.8 cm³/mol. The number of hydrogen-bond acceptors (Lipinski definition) is 5. The number of nitrogens with zero attached hydrogens (tertiary/aromatic N) is 2. The van der Waals surface area contributed by atoms with Crippen molar-refractivity contribution in [2.45, 2.75) is 13.0 Å². The molecule has 2 rings (SSSR count). The van der Waals surface area contributed by atoms with Crippen molar-refractivity contribution in [3.05, 3.63) is 28.7 Å². The molecule has 6 heteroatoms. The number of aliphatic hydroxyl groups excluding tert-OH is 1. The Bertz CT molecular complexity index is 636. The molecule has 0 aliphatic carbocycles. The van der Waals surface area contributed by atoms with Gasteiger partial charge in [-0.3, -0.25) is 4.79 Å². The fraction of sp³-hybridized carbons (Fsp3) is 0.385. The molecule has 0 saturated carbocycles. The van der Waals surface area contributed by atoms with Crippen molar-refractivity contribution in [2.75, 3.05) is 20.8 Å². The maximum Gasteiger partial charge on any atom is 0.274 e. The summed E-state index contributed by atoms with van der Waals surface area (Å²) in [5, 5.41) is 14.1. The van der Waals surface area contributed by atoms with Crippen LogP contribution in [0.4, 0.5) is 0 Å². The van der Waals surface area contributed by atoms with Crippen LogP contribution < -0.4 is 15.0 Å². The third-order valence-electron chi connectivity index (χ3n) is 2.88. The van der Waals surface area contributed by atoms with E-state index in [0.29, 0.717) is 35.2 Å². The van der Waals surface area contributed by atoms with Crippen LogP contribution >= 0.6 is 0 Å². The lowest BCUT2D eigenvalue weighted by Gasteiger charge is -2.10. The molecule has 0 saturated heterocycles. The zero-order valence-electron chi connectivity index (χ0n) is 10.9. The van der Waals surface area contributed by atoms with Crippen molar-refractivity contribution >= 4 is 10.8 Å². The zero-order valence-corrected chi connectivity index (χ0v) is 10.9. The highest BCUT2D eigenvalue weighted by Gasteiger charge is 2.10. The molecule has 1 aromatic heterocycles. The summed E-state index contributed by atoms with van der Waals surface area (Å²) in [4.78, 5) is 12.2. The van der Waals surface area contributed by atoms with Crippen molar-refractivity contribution in [3.63, 3.8) is 0 Å². The predicted octanol–water partition coefficient (Wildman–Crippen LogP) is 0.796. The number of aliphatic hydroxyl groups is 1. The van der Waals surface area contributed by atoms with E-state index in [9.17, 15) is 4.79 Å². The average Bonchev–Trinajstić information content (AvgIpc) is 2.45. The maximum atomic E-state index is 12.2. The Morgan fingerprint density at radius 1 is 1.26 bits per heavy atom. The van der Waals surface area contributed by atoms with Crippen LogP contribution in [0, 0.1) is 0 Å². The van der Waals surface area contributed by atoms with E-state index in [1.165, 1.54) is 11.8 Å². The Kier molecular flexibility index (Phi) is 4.01. The first kappa shape index (κ1) is 13.4. The van der Waals surface area contributed by atoms with Crippen LogP contribution in [0.2, 0.25) is 0 Å². The molecule has 6 nitrogen and oxygen atoms in total. The molecule has 0 aliphatic heterocycles. The van der Waals surface area contributed by atoms with Crippen LogP contribution in [0.25, 0.3) is 10.8 Å². The van der Waals surface area contributed by atoms with Gasteiger partial charge >= 0.3 is 0 Å². The minimum absolute atomic E-state index is 0.0259. The van der Waals surface area contributed by atoms with E-state index in [0.717, 1.165) is 0 Å². The number of aromatic nitrogens is 2. The van der Waals surface area contributed by atoms with E-state index in [1.807, 2.05) is 0 Å². The molecule has 0 spiro atoms. The van der Waals surface area contributed by atoms with Crippen LogP contribution in [-0.2, 0) is 6.54 Å². The van der Waals surface area contributed by atoms with E-state index < -0.39 is 0 Å². The van der Waals surface area contributed by atoms with Crippen LogP contribution in [0.15, 0.2) is 23.1 Å². The van der Waals surface area contributed by atoms with Gasteiger partial charge in [-0.2, -0.15) is 5.10 Å². The Labute approximate surface area is 110 Å². The van der Waals surface area contributed by atoms with Crippen molar-refractivity contribution in [2.24, 2.45) is 0 Å². The molecular formula is C13H16N2O4. The maximum absolute atomic E-state index is 12.2. The van der Waals surface area contributed by atoms with E-state index in [4.69, 9.17) is 14.6 Å². The largest absolute Gasteiger partial charge is 0.493 e. The highest BCUT2D eigenvalue weighted by molar-refractivity contribution is 5.84. The highest BCUT2D eigenvalue weighted by atomic mass is 16.5. The number of fused-ring (bicyclic) bond motifs is 1. The molecule has 0 radical (unpaired) electrons. The van der Waals surface area contributed by atoms with Crippen molar-refractivity contribution in [3.8, 4) is 11.5 Å². The number of hydrogen-bond donors (Lipinski definition) is 1. The summed E-state index contributed by atoms with van der Waals surface area (Å²) in [5.41, 5.74) is -0.202. The number of rotatable bonds is 5. The summed E-state index contributed by atoms with van der Waals surface area (Å²) < 4.78 is 11.7. The van der Waals surface area contributed by atoms with Gasteiger partial charge in [0.25, 0.3) is 5.56 Å². The molecule has 0 fully saturated rings. The number of benzene rings is 1. The summed E-state index contributed by atoms with van der Waals surface area (Å²) >= 11 is 0. The number of aryl methyl sites for hydroxylation is 1. The standard InChI is InChI=1S/C13H16N2O4/c1-18-11-6-9-8-14-15(4-3-5-16)13(17)10(9)7-12(11)19-2/h6-8,16H,3-5H2,1-2H3. The number of ether oxygens (including phenoxy) is 2. The van der Waals surface area contributed by atoms with Crippen LogP contribution in [0.5, 0.6) is 11.5 Å². The van der Waals surface area contributed by atoms with E-state index >= 15 is 0 Å². The Balaban J connectivity index is 2.58. The molecule has 0 bridgehead atoms. The zero-order chi connectivity index (χ0) is 13.8. The lowest BCUT2D eigenvalue weighted by Crippen LogP contribution is -2.23. The lowest BCUT2D eigenvalue weighted by molar-refractivity contribution is 0.275. The second-order valence-electron chi connectivity index (χ2n) is 4.04. The van der Waals surface area contributed by atoms with Crippen LogP contribution in [0.1, 0.15) is 6.42 Å². The van der Waals surface area contributed by atoms with Gasteiger partial charge in [-0.25, -0.2) is 4.68 Å². The first-order chi connectivity index (χ1) is 9.21. The minimum atomic E-state index is -0.202. The van der Waals surface area contributed by atoms with Gasteiger partial charge in [0.15, 0.2) is 11.5 Å². The molecule has 0 amide bonds. The average molecular weight is 264 g/mol. The third kappa shape index (κ3) is 2.53. The SMILES string of the molecule is COc1cc2cnn(CCCO)c(=O)c2cc1OC. The Morgan fingerprint density at radius 2 is 1.95 bits per heavy atom. The topological polar surface area (TPSA) is 73.6 Å².